The third kappa shape index (κ3) is 114. The van der Waals surface area contributed by atoms with E-state index in [0.717, 1.165) is 0 Å². The molecule has 0 aliphatic rings. The van der Waals surface area contributed by atoms with Crippen molar-refractivity contribution in [3.8, 4) is 0 Å². The first-order valence-electron chi connectivity index (χ1n) is 1.51. The maximum atomic E-state index is 5.04. The van der Waals surface area contributed by atoms with Crippen molar-refractivity contribution in [2.24, 2.45) is 0 Å². The van der Waals surface area contributed by atoms with Crippen molar-refractivity contribution < 1.29 is 15.5 Å². The molecule has 0 aromatic carbocycles. The summed E-state index contributed by atoms with van der Waals surface area (Å²) >= 11 is 16.0. The van der Waals surface area contributed by atoms with Gasteiger partial charge in [0.15, 0.2) is 0 Å². The molecular weight excluding hydrogens is 387 g/mol. The van der Waals surface area contributed by atoms with Gasteiger partial charge in [-0.3, -0.25) is 0 Å². The van der Waals surface area contributed by atoms with Crippen molar-refractivity contribution in [1.29, 1.82) is 0 Å². The van der Waals surface area contributed by atoms with Gasteiger partial charge < -0.3 is 0 Å². The quantitative estimate of drug-likeness (QED) is 0.495. The summed E-state index contributed by atoms with van der Waals surface area (Å²) in [6, 6.07) is 0. The molecule has 0 unspecified atom stereocenters. The van der Waals surface area contributed by atoms with Crippen LogP contribution in [0.2, 0.25) is 0 Å². The summed E-state index contributed by atoms with van der Waals surface area (Å²) in [5.74, 6) is 0. The number of alkyl halides is 4. The van der Waals surface area contributed by atoms with E-state index in [2.05, 4.69) is 0 Å². The average Bonchev–Trinajstić information content (AvgIpc) is 1.12. The molecule has 0 saturated carbocycles. The second-order valence-corrected chi connectivity index (χ2v) is 26.7. The zero-order valence-electron chi connectivity index (χ0n) is 4.02. The molecule has 0 spiro atoms. The van der Waals surface area contributed by atoms with E-state index >= 15 is 0 Å². The normalized spacial score (nSPS) is 12.0. The van der Waals surface area contributed by atoms with Gasteiger partial charge in [0, 0.05) is 0 Å². The van der Waals surface area contributed by atoms with Gasteiger partial charge in [-0.1, -0.05) is 46.4 Å². The molecule has 0 N–H and O–H groups in total. The fourth-order valence-electron chi connectivity index (χ4n) is 0. The molecule has 10 heavy (non-hydrogen) atoms. The Morgan fingerprint density at radius 2 is 0.700 bits per heavy atom. The molecule has 0 heterocycles. The van der Waals surface area contributed by atoms with Crippen LogP contribution in [-0.2, 0) is 15.5 Å². The van der Waals surface area contributed by atoms with Crippen LogP contribution >= 0.6 is 80.5 Å². The summed E-state index contributed by atoms with van der Waals surface area (Å²) in [6.07, 6.45) is 0. The van der Waals surface area contributed by atoms with Gasteiger partial charge in [-0.2, -0.15) is 0 Å². The first-order chi connectivity index (χ1) is 4.00. The Hall–Kier alpha value is 3.20. The number of hydrogen-bond acceptors (Lipinski definition) is 0. The molecule has 0 bridgehead atoms. The summed E-state index contributed by atoms with van der Waals surface area (Å²) in [5.41, 5.74) is 0. The average molecular weight is 387 g/mol. The minimum absolute atomic E-state index is 1.61. The molecule has 0 amide bonds. The molecule has 64 valence electrons. The number of halogens is 8. The predicted molar refractivity (Wildman–Crippen MR) is 49.6 cm³/mol. The predicted octanol–water partition coefficient (Wildman–Crippen LogP) is 5.31. The van der Waals surface area contributed by atoms with Gasteiger partial charge in [-0.05, 0) is 0 Å². The zero-order chi connectivity index (χ0) is 9.00. The Balaban J connectivity index is 0. The Morgan fingerprint density at radius 1 is 0.700 bits per heavy atom. The summed E-state index contributed by atoms with van der Waals surface area (Å²) < 4.78 is -1.61. The van der Waals surface area contributed by atoms with Gasteiger partial charge in [-0.25, -0.2) is 0 Å². The molecule has 0 aliphatic carbocycles. The van der Waals surface area contributed by atoms with E-state index in [1.54, 1.807) is 0 Å². The second-order valence-electron chi connectivity index (χ2n) is 0.857. The summed E-state index contributed by atoms with van der Waals surface area (Å²) in [7, 11) is 20.1. The van der Waals surface area contributed by atoms with Crippen LogP contribution in [0.5, 0.6) is 0 Å². The van der Waals surface area contributed by atoms with E-state index in [0.29, 0.717) is 0 Å². The molecule has 0 aliphatic heterocycles. The summed E-state index contributed by atoms with van der Waals surface area (Å²) in [6.45, 7) is 0. The molecule has 0 saturated heterocycles. The van der Waals surface area contributed by atoms with Crippen molar-refractivity contribution in [3.05, 3.63) is 0 Å². The Bertz CT molecular complexity index is 52.2. The van der Waals surface area contributed by atoms with Crippen LogP contribution in [0.15, 0.2) is 0 Å². The van der Waals surface area contributed by atoms with Crippen LogP contribution in [0.1, 0.15) is 0 Å². The van der Waals surface area contributed by atoms with Crippen LogP contribution in [-0.4, -0.2) is 3.25 Å². The van der Waals surface area contributed by atoms with Gasteiger partial charge in [0.1, 0.15) is 0 Å². The van der Waals surface area contributed by atoms with E-state index in [1.165, 1.54) is 0 Å². The van der Waals surface area contributed by atoms with Gasteiger partial charge in [0.25, 0.3) is 3.25 Å². The van der Waals surface area contributed by atoms with E-state index in [4.69, 9.17) is 80.5 Å². The van der Waals surface area contributed by atoms with Gasteiger partial charge in [0.05, 0.1) is 0 Å². The molecule has 0 fully saturated rings. The molecule has 0 aromatic heterocycles. The minimum atomic E-state index is -3.29. The van der Waals surface area contributed by atoms with Crippen molar-refractivity contribution in [1.82, 2.24) is 0 Å². The van der Waals surface area contributed by atoms with E-state index < -0.39 is 18.7 Å². The first-order valence-corrected chi connectivity index (χ1v) is 15.7. The SMILES string of the molecule is ClC(Cl)(Cl)Cl.[Cl][Zr]([Cl])([Cl])[Cl]. The van der Waals surface area contributed by atoms with Gasteiger partial charge in [0.2, 0.25) is 0 Å². The fourth-order valence-corrected chi connectivity index (χ4v) is 0. The van der Waals surface area contributed by atoms with Crippen molar-refractivity contribution >= 4 is 80.5 Å². The van der Waals surface area contributed by atoms with Crippen molar-refractivity contribution in [3.63, 3.8) is 0 Å². The third-order valence-electron chi connectivity index (χ3n) is 0. The molecule has 0 rings (SSSR count). The zero-order valence-corrected chi connectivity index (χ0v) is 12.5. The number of rotatable bonds is 0. The van der Waals surface area contributed by atoms with Gasteiger partial charge in [-0.15, -0.1) is 0 Å². The standard InChI is InChI=1S/CCl4.4ClH.Zr/c2-1(3,4)5;;;;;/h;4*1H;/q;;;;;+4/p-4. The third-order valence-corrected chi connectivity index (χ3v) is 0. The van der Waals surface area contributed by atoms with Crippen LogP contribution in [0.25, 0.3) is 0 Å². The van der Waals surface area contributed by atoms with Crippen LogP contribution < -0.4 is 0 Å². The van der Waals surface area contributed by atoms with Gasteiger partial charge >= 0.3 is 49.5 Å². The molecular formula is CCl8Zr. The van der Waals surface area contributed by atoms with Crippen molar-refractivity contribution in [2.75, 3.05) is 0 Å². The Labute approximate surface area is 97.5 Å². The maximum absolute atomic E-state index is 5.04. The molecule has 0 aromatic rings. The fraction of sp³-hybridized carbons (Fsp3) is 1.00. The first kappa shape index (κ1) is 15.7. The topological polar surface area (TPSA) is 0 Å². The monoisotopic (exact) mass is 382 g/mol. The second kappa shape index (κ2) is 6.63. The summed E-state index contributed by atoms with van der Waals surface area (Å²) in [4.78, 5) is 0. The Morgan fingerprint density at radius 3 is 0.700 bits per heavy atom. The summed E-state index contributed by atoms with van der Waals surface area (Å²) in [5, 5.41) is 0. The number of hydrogen-bond donors (Lipinski definition) is 0. The van der Waals surface area contributed by atoms with Crippen LogP contribution in [0.4, 0.5) is 0 Å². The molecule has 9 heteroatoms. The van der Waals surface area contributed by atoms with E-state index in [9.17, 15) is 0 Å². The molecule has 0 nitrogen and oxygen atoms in total. The van der Waals surface area contributed by atoms with E-state index in [1.807, 2.05) is 0 Å². The van der Waals surface area contributed by atoms with Crippen LogP contribution in [0.3, 0.4) is 0 Å². The molecule has 0 radical (unpaired) electrons. The van der Waals surface area contributed by atoms with E-state index in [-0.39, 0.29) is 0 Å². The Kier molecular flexibility index (Phi) is 10.4. The van der Waals surface area contributed by atoms with Crippen molar-refractivity contribution in [2.45, 2.75) is 3.25 Å². The molecule has 0 atom stereocenters. The van der Waals surface area contributed by atoms with Crippen LogP contribution in [0, 0.1) is 0 Å².